The molecule has 1 aliphatic rings. The van der Waals surface area contributed by atoms with Gasteiger partial charge in [0.2, 0.25) is 0 Å². The van der Waals surface area contributed by atoms with E-state index in [0.29, 0.717) is 6.04 Å². The molecule has 0 aliphatic carbocycles. The molecule has 1 aliphatic heterocycles. The van der Waals surface area contributed by atoms with Crippen molar-refractivity contribution in [2.24, 2.45) is 0 Å². The summed E-state index contributed by atoms with van der Waals surface area (Å²) in [6.07, 6.45) is 3.91. The number of hydrogen-bond donors (Lipinski definition) is 1. The summed E-state index contributed by atoms with van der Waals surface area (Å²) < 4.78 is 0. The highest BCUT2D eigenvalue weighted by Gasteiger charge is 2.22. The van der Waals surface area contributed by atoms with Crippen LogP contribution in [0, 0.1) is 0 Å². The summed E-state index contributed by atoms with van der Waals surface area (Å²) in [5, 5.41) is 3.57. The Morgan fingerprint density at radius 2 is 1.88 bits per heavy atom. The summed E-state index contributed by atoms with van der Waals surface area (Å²) in [7, 11) is 2.30. The van der Waals surface area contributed by atoms with Crippen LogP contribution in [0.15, 0.2) is 0 Å². The molecular formula is C14H31N3. The van der Waals surface area contributed by atoms with E-state index in [-0.39, 0.29) is 0 Å². The molecule has 0 bridgehead atoms. The molecule has 1 unspecified atom stereocenters. The highest BCUT2D eigenvalue weighted by Crippen LogP contribution is 2.15. The first-order valence-electron chi connectivity index (χ1n) is 7.37. The van der Waals surface area contributed by atoms with E-state index < -0.39 is 0 Å². The highest BCUT2D eigenvalue weighted by atomic mass is 15.2. The second-order valence-corrected chi connectivity index (χ2v) is 5.27. The molecule has 0 amide bonds. The van der Waals surface area contributed by atoms with Gasteiger partial charge in [-0.1, -0.05) is 20.8 Å². The van der Waals surface area contributed by atoms with E-state index in [9.17, 15) is 0 Å². The molecule has 0 spiro atoms. The molecule has 1 N–H and O–H groups in total. The van der Waals surface area contributed by atoms with Crippen molar-refractivity contribution >= 4 is 0 Å². The maximum Gasteiger partial charge on any atom is 0.0192 e. The lowest BCUT2D eigenvalue weighted by Crippen LogP contribution is -2.47. The SMILES string of the molecule is CCNC(CC)CN(C)C1CCN(CC)CC1. The Morgan fingerprint density at radius 3 is 2.35 bits per heavy atom. The number of piperidine rings is 1. The topological polar surface area (TPSA) is 18.5 Å². The van der Waals surface area contributed by atoms with Gasteiger partial charge in [-0.2, -0.15) is 0 Å². The van der Waals surface area contributed by atoms with Crippen molar-refractivity contribution < 1.29 is 0 Å². The number of hydrogen-bond acceptors (Lipinski definition) is 3. The minimum absolute atomic E-state index is 0.661. The Balaban J connectivity index is 2.30. The Kier molecular flexibility index (Phi) is 7.09. The zero-order valence-corrected chi connectivity index (χ0v) is 12.2. The lowest BCUT2D eigenvalue weighted by molar-refractivity contribution is 0.123. The van der Waals surface area contributed by atoms with E-state index >= 15 is 0 Å². The van der Waals surface area contributed by atoms with Crippen LogP contribution >= 0.6 is 0 Å². The lowest BCUT2D eigenvalue weighted by atomic mass is 10.0. The summed E-state index contributed by atoms with van der Waals surface area (Å²) >= 11 is 0. The van der Waals surface area contributed by atoms with E-state index in [1.54, 1.807) is 0 Å². The van der Waals surface area contributed by atoms with Crippen molar-refractivity contribution in [2.45, 2.75) is 52.1 Å². The van der Waals surface area contributed by atoms with Crippen LogP contribution in [0.4, 0.5) is 0 Å². The van der Waals surface area contributed by atoms with Crippen molar-refractivity contribution in [3.05, 3.63) is 0 Å². The van der Waals surface area contributed by atoms with Gasteiger partial charge in [-0.15, -0.1) is 0 Å². The number of nitrogens with zero attached hydrogens (tertiary/aromatic N) is 2. The van der Waals surface area contributed by atoms with Crippen molar-refractivity contribution in [3.8, 4) is 0 Å². The van der Waals surface area contributed by atoms with Crippen LogP contribution in [-0.2, 0) is 0 Å². The maximum absolute atomic E-state index is 3.57. The summed E-state index contributed by atoms with van der Waals surface area (Å²) in [5.74, 6) is 0. The Bertz CT molecular complexity index is 188. The average molecular weight is 241 g/mol. The van der Waals surface area contributed by atoms with E-state index in [2.05, 4.69) is 42.9 Å². The Labute approximate surface area is 108 Å². The van der Waals surface area contributed by atoms with Gasteiger partial charge in [-0.3, -0.25) is 0 Å². The molecule has 0 aromatic heterocycles. The second-order valence-electron chi connectivity index (χ2n) is 5.27. The summed E-state index contributed by atoms with van der Waals surface area (Å²) in [4.78, 5) is 5.13. The lowest BCUT2D eigenvalue weighted by Gasteiger charge is -2.37. The molecule has 3 nitrogen and oxygen atoms in total. The molecular weight excluding hydrogens is 210 g/mol. The summed E-state index contributed by atoms with van der Waals surface area (Å²) in [6, 6.07) is 1.46. The largest absolute Gasteiger partial charge is 0.313 e. The predicted molar refractivity (Wildman–Crippen MR) is 75.5 cm³/mol. The van der Waals surface area contributed by atoms with Crippen molar-refractivity contribution in [1.29, 1.82) is 0 Å². The van der Waals surface area contributed by atoms with Crippen LogP contribution in [0.2, 0.25) is 0 Å². The van der Waals surface area contributed by atoms with E-state index in [4.69, 9.17) is 0 Å². The van der Waals surface area contributed by atoms with Gasteiger partial charge in [0.25, 0.3) is 0 Å². The molecule has 3 heteroatoms. The minimum atomic E-state index is 0.661. The third kappa shape index (κ3) is 4.94. The first-order chi connectivity index (χ1) is 8.21. The molecule has 1 rings (SSSR count). The average Bonchev–Trinajstić information content (AvgIpc) is 2.38. The standard InChI is InChI=1S/C14H31N3/c1-5-13(15-6-2)12-16(4)14-8-10-17(7-3)11-9-14/h13-15H,5-12H2,1-4H3. The number of likely N-dealkylation sites (tertiary alicyclic amines) is 1. The van der Waals surface area contributed by atoms with Crippen LogP contribution in [0.5, 0.6) is 0 Å². The van der Waals surface area contributed by atoms with Crippen LogP contribution < -0.4 is 5.32 Å². The van der Waals surface area contributed by atoms with Gasteiger partial charge in [-0.05, 0) is 52.5 Å². The molecule has 0 aromatic rings. The van der Waals surface area contributed by atoms with Gasteiger partial charge in [-0.25, -0.2) is 0 Å². The zero-order chi connectivity index (χ0) is 12.7. The van der Waals surface area contributed by atoms with Gasteiger partial charge >= 0.3 is 0 Å². The van der Waals surface area contributed by atoms with Crippen LogP contribution in [0.3, 0.4) is 0 Å². The number of rotatable bonds is 7. The fraction of sp³-hybridized carbons (Fsp3) is 1.00. The Morgan fingerprint density at radius 1 is 1.24 bits per heavy atom. The zero-order valence-electron chi connectivity index (χ0n) is 12.2. The summed E-state index contributed by atoms with van der Waals surface area (Å²) in [6.45, 7) is 12.8. The predicted octanol–water partition coefficient (Wildman–Crippen LogP) is 1.79. The van der Waals surface area contributed by atoms with Crippen LogP contribution in [-0.4, -0.2) is 61.7 Å². The van der Waals surface area contributed by atoms with Crippen LogP contribution in [0.25, 0.3) is 0 Å². The van der Waals surface area contributed by atoms with E-state index in [1.165, 1.54) is 45.4 Å². The fourth-order valence-electron chi connectivity index (χ4n) is 2.80. The van der Waals surface area contributed by atoms with E-state index in [1.807, 2.05) is 0 Å². The highest BCUT2D eigenvalue weighted by molar-refractivity contribution is 4.80. The van der Waals surface area contributed by atoms with E-state index in [0.717, 1.165) is 12.6 Å². The smallest absolute Gasteiger partial charge is 0.0192 e. The Hall–Kier alpha value is -0.120. The molecule has 1 saturated heterocycles. The van der Waals surface area contributed by atoms with Gasteiger partial charge in [0.1, 0.15) is 0 Å². The molecule has 17 heavy (non-hydrogen) atoms. The molecule has 1 fully saturated rings. The third-order valence-electron chi connectivity index (χ3n) is 4.12. The monoisotopic (exact) mass is 241 g/mol. The fourth-order valence-corrected chi connectivity index (χ4v) is 2.80. The normalized spacial score (nSPS) is 21.0. The molecule has 0 radical (unpaired) electrons. The third-order valence-corrected chi connectivity index (χ3v) is 4.12. The molecule has 0 saturated carbocycles. The maximum atomic E-state index is 3.57. The van der Waals surface area contributed by atoms with Gasteiger partial charge < -0.3 is 15.1 Å². The number of likely N-dealkylation sites (N-methyl/N-ethyl adjacent to an activating group) is 2. The van der Waals surface area contributed by atoms with Crippen LogP contribution in [0.1, 0.15) is 40.0 Å². The molecule has 102 valence electrons. The molecule has 0 aromatic carbocycles. The van der Waals surface area contributed by atoms with Gasteiger partial charge in [0.05, 0.1) is 0 Å². The molecule has 1 atom stereocenters. The molecule has 1 heterocycles. The van der Waals surface area contributed by atoms with Crippen molar-refractivity contribution in [2.75, 3.05) is 39.8 Å². The minimum Gasteiger partial charge on any atom is -0.313 e. The first kappa shape index (κ1) is 14.9. The van der Waals surface area contributed by atoms with Gasteiger partial charge in [0, 0.05) is 18.6 Å². The first-order valence-corrected chi connectivity index (χ1v) is 7.37. The van der Waals surface area contributed by atoms with Crippen molar-refractivity contribution in [1.82, 2.24) is 15.1 Å². The quantitative estimate of drug-likeness (QED) is 0.733. The van der Waals surface area contributed by atoms with Crippen molar-refractivity contribution in [3.63, 3.8) is 0 Å². The second kappa shape index (κ2) is 8.06. The summed E-state index contributed by atoms with van der Waals surface area (Å²) in [5.41, 5.74) is 0. The number of nitrogens with one attached hydrogen (secondary N) is 1. The van der Waals surface area contributed by atoms with Gasteiger partial charge in [0.15, 0.2) is 0 Å².